The number of carbonyl (C=O) groups is 1. The van der Waals surface area contributed by atoms with Crippen LogP contribution in [-0.4, -0.2) is 12.9 Å². The smallest absolute Gasteiger partial charge is 0.416 e. The third-order valence-electron chi connectivity index (χ3n) is 5.42. The number of hydrogen-bond donors (Lipinski definition) is 0. The molecular weight excluding hydrogens is 413 g/mol. The van der Waals surface area contributed by atoms with Crippen LogP contribution in [0, 0.1) is 6.92 Å². The lowest BCUT2D eigenvalue weighted by Gasteiger charge is -2.17. The second-order valence-electron chi connectivity index (χ2n) is 7.65. The van der Waals surface area contributed by atoms with Crippen molar-refractivity contribution in [2.75, 3.05) is 7.11 Å². The molecule has 0 bridgehead atoms. The number of alkyl halides is 3. The molecule has 0 N–H and O–H groups in total. The van der Waals surface area contributed by atoms with E-state index in [4.69, 9.17) is 4.74 Å². The third-order valence-corrected chi connectivity index (χ3v) is 5.42. The summed E-state index contributed by atoms with van der Waals surface area (Å²) in [5, 5.41) is 0. The van der Waals surface area contributed by atoms with Gasteiger partial charge in [-0.25, -0.2) is 0 Å². The SMILES string of the molecule is COc1ccc(/C(C(C)=O)=C(\CCc2cccc(C(F)(F)F)c2)c2ccccc2C)cc1. The first-order valence-electron chi connectivity index (χ1n) is 10.3. The van der Waals surface area contributed by atoms with Crippen LogP contribution < -0.4 is 4.74 Å². The molecule has 0 aliphatic heterocycles. The van der Waals surface area contributed by atoms with Crippen molar-refractivity contribution < 1.29 is 22.7 Å². The molecule has 0 aliphatic rings. The van der Waals surface area contributed by atoms with Gasteiger partial charge >= 0.3 is 6.18 Å². The summed E-state index contributed by atoms with van der Waals surface area (Å²) in [6, 6.07) is 20.3. The number of hydrogen-bond acceptors (Lipinski definition) is 2. The van der Waals surface area contributed by atoms with Gasteiger partial charge in [0.05, 0.1) is 12.7 Å². The van der Waals surface area contributed by atoms with E-state index in [1.54, 1.807) is 25.3 Å². The molecule has 0 atom stereocenters. The predicted molar refractivity (Wildman–Crippen MR) is 121 cm³/mol. The summed E-state index contributed by atoms with van der Waals surface area (Å²) in [7, 11) is 1.57. The van der Waals surface area contributed by atoms with Crippen LogP contribution in [0.15, 0.2) is 72.8 Å². The second-order valence-corrected chi connectivity index (χ2v) is 7.65. The molecule has 2 nitrogen and oxygen atoms in total. The van der Waals surface area contributed by atoms with Gasteiger partial charge in [0.1, 0.15) is 5.75 Å². The summed E-state index contributed by atoms with van der Waals surface area (Å²) in [6.45, 7) is 3.48. The highest BCUT2D eigenvalue weighted by atomic mass is 19.4. The number of aryl methyl sites for hydroxylation is 2. The topological polar surface area (TPSA) is 26.3 Å². The van der Waals surface area contributed by atoms with Gasteiger partial charge in [0.25, 0.3) is 0 Å². The van der Waals surface area contributed by atoms with Gasteiger partial charge in [-0.15, -0.1) is 0 Å². The summed E-state index contributed by atoms with van der Waals surface area (Å²) < 4.78 is 44.6. The van der Waals surface area contributed by atoms with Crippen molar-refractivity contribution in [1.29, 1.82) is 0 Å². The summed E-state index contributed by atoms with van der Waals surface area (Å²) in [5.74, 6) is 0.579. The Balaban J connectivity index is 2.09. The molecule has 0 heterocycles. The van der Waals surface area contributed by atoms with Crippen LogP contribution >= 0.6 is 0 Å². The van der Waals surface area contributed by atoms with Gasteiger partial charge in [0, 0.05) is 5.57 Å². The highest BCUT2D eigenvalue weighted by Crippen LogP contribution is 2.34. The Morgan fingerprint density at radius 1 is 0.938 bits per heavy atom. The van der Waals surface area contributed by atoms with Crippen LogP contribution in [0.5, 0.6) is 5.75 Å². The minimum absolute atomic E-state index is 0.0996. The van der Waals surface area contributed by atoms with Crippen molar-refractivity contribution in [3.8, 4) is 5.75 Å². The minimum Gasteiger partial charge on any atom is -0.497 e. The van der Waals surface area contributed by atoms with Crippen LogP contribution in [0.25, 0.3) is 11.1 Å². The zero-order valence-electron chi connectivity index (χ0n) is 18.3. The first kappa shape index (κ1) is 23.3. The number of carbonyl (C=O) groups excluding carboxylic acids is 1. The van der Waals surface area contributed by atoms with Crippen molar-refractivity contribution in [1.82, 2.24) is 0 Å². The van der Waals surface area contributed by atoms with E-state index < -0.39 is 11.7 Å². The van der Waals surface area contributed by atoms with Gasteiger partial charge in [0.2, 0.25) is 0 Å². The Morgan fingerprint density at radius 3 is 2.22 bits per heavy atom. The van der Waals surface area contributed by atoms with Crippen molar-refractivity contribution >= 4 is 16.9 Å². The highest BCUT2D eigenvalue weighted by molar-refractivity contribution is 6.27. The molecule has 166 valence electrons. The molecule has 0 saturated carbocycles. The van der Waals surface area contributed by atoms with Crippen molar-refractivity contribution in [2.45, 2.75) is 32.9 Å². The van der Waals surface area contributed by atoms with E-state index in [9.17, 15) is 18.0 Å². The zero-order chi connectivity index (χ0) is 23.3. The van der Waals surface area contributed by atoms with E-state index in [0.29, 0.717) is 29.7 Å². The van der Waals surface area contributed by atoms with Crippen LogP contribution in [0.4, 0.5) is 13.2 Å². The average Bonchev–Trinajstić information content (AvgIpc) is 2.77. The van der Waals surface area contributed by atoms with E-state index in [0.717, 1.165) is 28.3 Å². The number of methoxy groups -OCH3 is 1. The molecule has 3 aromatic carbocycles. The van der Waals surface area contributed by atoms with Crippen LogP contribution in [-0.2, 0) is 17.4 Å². The molecule has 3 aromatic rings. The highest BCUT2D eigenvalue weighted by Gasteiger charge is 2.30. The maximum Gasteiger partial charge on any atom is 0.416 e. The summed E-state index contributed by atoms with van der Waals surface area (Å²) in [6.07, 6.45) is -3.59. The molecule has 5 heteroatoms. The number of ether oxygens (including phenoxy) is 1. The molecule has 0 fully saturated rings. The largest absolute Gasteiger partial charge is 0.497 e. The predicted octanol–water partition coefficient (Wildman–Crippen LogP) is 7.16. The number of ketones is 1. The molecule has 0 aromatic heterocycles. The summed E-state index contributed by atoms with van der Waals surface area (Å²) >= 11 is 0. The first-order valence-corrected chi connectivity index (χ1v) is 10.3. The molecule has 0 unspecified atom stereocenters. The fourth-order valence-electron chi connectivity index (χ4n) is 3.83. The van der Waals surface area contributed by atoms with Gasteiger partial charge in [-0.05, 0) is 72.7 Å². The van der Waals surface area contributed by atoms with Gasteiger partial charge < -0.3 is 4.74 Å². The van der Waals surface area contributed by atoms with Crippen molar-refractivity contribution in [2.24, 2.45) is 0 Å². The maximum atomic E-state index is 13.1. The Hall–Kier alpha value is -3.34. The van der Waals surface area contributed by atoms with Gasteiger partial charge in [-0.2, -0.15) is 13.2 Å². The average molecular weight is 438 g/mol. The molecule has 0 amide bonds. The second kappa shape index (κ2) is 9.86. The molecule has 3 rings (SSSR count). The van der Waals surface area contributed by atoms with Crippen LogP contribution in [0.1, 0.15) is 41.2 Å². The monoisotopic (exact) mass is 438 g/mol. The fourth-order valence-corrected chi connectivity index (χ4v) is 3.83. The van der Waals surface area contributed by atoms with Gasteiger partial charge in [-0.1, -0.05) is 54.6 Å². The lowest BCUT2D eigenvalue weighted by molar-refractivity contribution is -0.137. The van der Waals surface area contributed by atoms with E-state index in [2.05, 4.69) is 0 Å². The van der Waals surface area contributed by atoms with Crippen molar-refractivity contribution in [3.63, 3.8) is 0 Å². The lowest BCUT2D eigenvalue weighted by Crippen LogP contribution is -2.06. The Morgan fingerprint density at radius 2 is 1.62 bits per heavy atom. The normalized spacial score (nSPS) is 12.3. The minimum atomic E-state index is -4.39. The molecule has 0 aliphatic carbocycles. The van der Waals surface area contributed by atoms with Gasteiger partial charge in [0.15, 0.2) is 5.78 Å². The Labute approximate surface area is 186 Å². The van der Waals surface area contributed by atoms with E-state index in [-0.39, 0.29) is 5.78 Å². The first-order chi connectivity index (χ1) is 15.2. The zero-order valence-corrected chi connectivity index (χ0v) is 18.3. The Bertz CT molecular complexity index is 1130. The number of Topliss-reactive ketones (excluding diaryl/α,β-unsaturated/α-hetero) is 1. The maximum absolute atomic E-state index is 13.1. The van der Waals surface area contributed by atoms with E-state index >= 15 is 0 Å². The fraction of sp³-hybridized carbons (Fsp3) is 0.222. The number of rotatable bonds is 7. The number of allylic oxidation sites excluding steroid dienone is 2. The third kappa shape index (κ3) is 5.47. The summed E-state index contributed by atoms with van der Waals surface area (Å²) in [5.41, 5.74) is 3.95. The molecule has 0 saturated heterocycles. The van der Waals surface area contributed by atoms with E-state index in [1.165, 1.54) is 19.1 Å². The molecule has 0 spiro atoms. The number of halogens is 3. The number of benzene rings is 3. The molecule has 0 radical (unpaired) electrons. The molecular formula is C27H25F3O2. The quantitative estimate of drug-likeness (QED) is 0.289. The van der Waals surface area contributed by atoms with Crippen LogP contribution in [0.2, 0.25) is 0 Å². The Kier molecular flexibility index (Phi) is 7.18. The summed E-state index contributed by atoms with van der Waals surface area (Å²) in [4.78, 5) is 12.8. The molecule has 32 heavy (non-hydrogen) atoms. The standard InChI is InChI=1S/C27H25F3O2/c1-18-7-4-5-10-24(18)25(16-11-20-8-6-9-22(17-20)27(28,29)30)26(19(2)31)21-12-14-23(32-3)15-13-21/h4-10,12-15,17H,11,16H2,1-3H3/b26-25+. The van der Waals surface area contributed by atoms with E-state index in [1.807, 2.05) is 43.3 Å². The van der Waals surface area contributed by atoms with Crippen molar-refractivity contribution in [3.05, 3.63) is 101 Å². The lowest BCUT2D eigenvalue weighted by atomic mass is 9.86. The van der Waals surface area contributed by atoms with Crippen LogP contribution in [0.3, 0.4) is 0 Å². The van der Waals surface area contributed by atoms with Gasteiger partial charge in [-0.3, -0.25) is 4.79 Å².